The molecule has 0 radical (unpaired) electrons. The second-order valence-electron chi connectivity index (χ2n) is 7.92. The lowest BCUT2D eigenvalue weighted by Gasteiger charge is -2.28. The summed E-state index contributed by atoms with van der Waals surface area (Å²) in [6.07, 6.45) is 2.25. The van der Waals surface area contributed by atoms with Crippen LogP contribution in [0.1, 0.15) is 51.5 Å². The van der Waals surface area contributed by atoms with Gasteiger partial charge in [0.1, 0.15) is 0 Å². The average molecular weight is 329 g/mol. The summed E-state index contributed by atoms with van der Waals surface area (Å²) in [4.78, 5) is 26.9. The van der Waals surface area contributed by atoms with Gasteiger partial charge in [0.05, 0.1) is 5.92 Å². The fourth-order valence-electron chi connectivity index (χ4n) is 3.97. The van der Waals surface area contributed by atoms with Gasteiger partial charge in [0, 0.05) is 25.4 Å². The summed E-state index contributed by atoms with van der Waals surface area (Å²) in [7, 11) is 1.84. The third-order valence-corrected chi connectivity index (χ3v) is 5.31. The molecule has 1 saturated heterocycles. The highest BCUT2D eigenvalue weighted by Crippen LogP contribution is 2.46. The first-order valence-electron chi connectivity index (χ1n) is 8.87. The Bertz CT molecular complexity index is 627. The molecule has 1 saturated carbocycles. The maximum Gasteiger partial charge on any atom is 0.310 e. The Labute approximate surface area is 144 Å². The van der Waals surface area contributed by atoms with Crippen molar-refractivity contribution in [1.29, 1.82) is 0 Å². The molecule has 1 aromatic rings. The molecule has 1 aromatic carbocycles. The van der Waals surface area contributed by atoms with E-state index in [0.717, 1.165) is 12.8 Å². The maximum atomic E-state index is 13.0. The fraction of sp³-hybridized carbons (Fsp3) is 0.600. The van der Waals surface area contributed by atoms with Crippen LogP contribution in [0.2, 0.25) is 0 Å². The van der Waals surface area contributed by atoms with Crippen LogP contribution in [0, 0.1) is 11.8 Å². The fourth-order valence-corrected chi connectivity index (χ4v) is 3.97. The molecule has 4 atom stereocenters. The van der Waals surface area contributed by atoms with Crippen LogP contribution in [0.3, 0.4) is 0 Å². The topological polar surface area (TPSA) is 46.6 Å². The zero-order chi connectivity index (χ0) is 17.5. The Morgan fingerprint density at radius 3 is 2.62 bits per heavy atom. The second kappa shape index (κ2) is 6.23. The summed E-state index contributed by atoms with van der Waals surface area (Å²) in [5.74, 6) is 0.376. The Morgan fingerprint density at radius 2 is 2.00 bits per heavy atom. The number of carbonyl (C=O) groups excluding carboxylic acids is 2. The lowest BCUT2D eigenvalue weighted by Crippen LogP contribution is -2.46. The first-order valence-corrected chi connectivity index (χ1v) is 8.87. The second-order valence-corrected chi connectivity index (χ2v) is 7.92. The zero-order valence-electron chi connectivity index (χ0n) is 15.0. The van der Waals surface area contributed by atoms with E-state index >= 15 is 0 Å². The molecule has 0 aromatic heterocycles. The first-order chi connectivity index (χ1) is 11.3. The molecule has 3 rings (SSSR count). The van der Waals surface area contributed by atoms with Crippen LogP contribution in [0.15, 0.2) is 30.3 Å². The van der Waals surface area contributed by atoms with Gasteiger partial charge in [0.15, 0.2) is 5.60 Å². The highest BCUT2D eigenvalue weighted by atomic mass is 16.6. The normalized spacial score (nSPS) is 31.9. The van der Waals surface area contributed by atoms with Gasteiger partial charge in [-0.05, 0) is 31.2 Å². The number of amides is 1. The van der Waals surface area contributed by atoms with Gasteiger partial charge in [-0.2, -0.15) is 0 Å². The summed E-state index contributed by atoms with van der Waals surface area (Å²) in [5.41, 5.74) is 0.267. The minimum Gasteiger partial charge on any atom is -0.449 e. The molecule has 1 heterocycles. The number of benzene rings is 1. The highest BCUT2D eigenvalue weighted by Gasteiger charge is 2.53. The molecule has 130 valence electrons. The lowest BCUT2D eigenvalue weighted by atomic mass is 9.89. The predicted octanol–water partition coefficient (Wildman–Crippen LogP) is 3.37. The summed E-state index contributed by atoms with van der Waals surface area (Å²) in [6, 6.07) is 10.5. The van der Waals surface area contributed by atoms with Gasteiger partial charge < -0.3 is 9.64 Å². The minimum atomic E-state index is -1.00. The number of nitrogens with zero attached hydrogens (tertiary/aromatic N) is 1. The van der Waals surface area contributed by atoms with E-state index in [2.05, 4.69) is 26.0 Å². The Morgan fingerprint density at radius 1 is 1.33 bits per heavy atom. The molecular weight excluding hydrogens is 302 g/mol. The van der Waals surface area contributed by atoms with Crippen molar-refractivity contribution in [1.82, 2.24) is 4.90 Å². The van der Waals surface area contributed by atoms with E-state index in [1.54, 1.807) is 11.8 Å². The van der Waals surface area contributed by atoms with Gasteiger partial charge in [-0.1, -0.05) is 44.2 Å². The van der Waals surface area contributed by atoms with E-state index in [0.29, 0.717) is 18.3 Å². The average Bonchev–Trinajstić information content (AvgIpc) is 3.28. The van der Waals surface area contributed by atoms with Gasteiger partial charge >= 0.3 is 5.97 Å². The van der Waals surface area contributed by atoms with E-state index in [1.165, 1.54) is 5.56 Å². The number of ether oxygens (including phenoxy) is 1. The third-order valence-electron chi connectivity index (χ3n) is 5.31. The molecule has 2 fully saturated rings. The molecule has 2 aliphatic rings. The van der Waals surface area contributed by atoms with Crippen molar-refractivity contribution >= 4 is 11.9 Å². The maximum absolute atomic E-state index is 13.0. The quantitative estimate of drug-likeness (QED) is 0.778. The Hall–Kier alpha value is -1.84. The minimum absolute atomic E-state index is 0.0643. The molecule has 24 heavy (non-hydrogen) atoms. The van der Waals surface area contributed by atoms with Gasteiger partial charge in [-0.15, -0.1) is 0 Å². The van der Waals surface area contributed by atoms with Crippen molar-refractivity contribution < 1.29 is 14.3 Å². The van der Waals surface area contributed by atoms with E-state index in [4.69, 9.17) is 4.74 Å². The van der Waals surface area contributed by atoms with E-state index in [-0.39, 0.29) is 23.8 Å². The van der Waals surface area contributed by atoms with E-state index < -0.39 is 5.60 Å². The molecular formula is C20H27NO3. The van der Waals surface area contributed by atoms with E-state index in [1.807, 2.05) is 25.2 Å². The third kappa shape index (κ3) is 3.19. The summed E-state index contributed by atoms with van der Waals surface area (Å²) in [6.45, 7) is 5.95. The van der Waals surface area contributed by atoms with Crippen LogP contribution in [0.25, 0.3) is 0 Å². The molecule has 4 nitrogen and oxygen atoms in total. The van der Waals surface area contributed by atoms with Crippen molar-refractivity contribution in [3.05, 3.63) is 35.9 Å². The SMILES string of the molecule is CC(C)CC1CC(C)(C(=O)N(C)[C@@H]2C[C@H]2c2ccccc2)OC1=O. The molecule has 0 N–H and O–H groups in total. The lowest BCUT2D eigenvalue weighted by molar-refractivity contribution is -0.163. The van der Waals surface area contributed by atoms with Gasteiger partial charge in [-0.25, -0.2) is 0 Å². The Balaban J connectivity index is 1.65. The molecule has 0 spiro atoms. The van der Waals surface area contributed by atoms with Crippen LogP contribution < -0.4 is 0 Å². The summed E-state index contributed by atoms with van der Waals surface area (Å²) in [5, 5.41) is 0. The monoisotopic (exact) mass is 329 g/mol. The van der Waals surface area contributed by atoms with Crippen LogP contribution in [0.5, 0.6) is 0 Å². The first kappa shape index (κ1) is 17.0. The number of hydrogen-bond acceptors (Lipinski definition) is 3. The number of cyclic esters (lactones) is 1. The van der Waals surface area contributed by atoms with Gasteiger partial charge in [0.2, 0.25) is 0 Å². The number of esters is 1. The van der Waals surface area contributed by atoms with Crippen LogP contribution in [-0.2, 0) is 14.3 Å². The zero-order valence-corrected chi connectivity index (χ0v) is 15.0. The van der Waals surface area contributed by atoms with Crippen molar-refractivity contribution in [2.75, 3.05) is 7.05 Å². The predicted molar refractivity (Wildman–Crippen MR) is 92.4 cm³/mol. The number of likely N-dealkylation sites (N-methyl/N-ethyl adjacent to an activating group) is 1. The van der Waals surface area contributed by atoms with Crippen LogP contribution in [-0.4, -0.2) is 35.5 Å². The number of carbonyl (C=O) groups is 2. The Kier molecular flexibility index (Phi) is 4.41. The highest BCUT2D eigenvalue weighted by molar-refractivity contribution is 5.91. The molecule has 2 unspecified atom stereocenters. The molecule has 4 heteroatoms. The van der Waals surface area contributed by atoms with Gasteiger partial charge in [0.25, 0.3) is 5.91 Å². The van der Waals surface area contributed by atoms with E-state index in [9.17, 15) is 9.59 Å². The van der Waals surface area contributed by atoms with Crippen molar-refractivity contribution in [3.8, 4) is 0 Å². The number of rotatable bonds is 5. The molecule has 1 aliphatic carbocycles. The van der Waals surface area contributed by atoms with Crippen molar-refractivity contribution in [3.63, 3.8) is 0 Å². The van der Waals surface area contributed by atoms with Crippen LogP contribution in [0.4, 0.5) is 0 Å². The van der Waals surface area contributed by atoms with Crippen molar-refractivity contribution in [2.24, 2.45) is 11.8 Å². The largest absolute Gasteiger partial charge is 0.449 e. The molecule has 1 amide bonds. The smallest absolute Gasteiger partial charge is 0.310 e. The van der Waals surface area contributed by atoms with Crippen molar-refractivity contribution in [2.45, 2.75) is 57.6 Å². The van der Waals surface area contributed by atoms with Gasteiger partial charge in [-0.3, -0.25) is 9.59 Å². The summed E-state index contributed by atoms with van der Waals surface area (Å²) >= 11 is 0. The number of hydrogen-bond donors (Lipinski definition) is 0. The molecule has 1 aliphatic heterocycles. The summed E-state index contributed by atoms with van der Waals surface area (Å²) < 4.78 is 5.53. The molecule has 0 bridgehead atoms. The van der Waals surface area contributed by atoms with Crippen LogP contribution >= 0.6 is 0 Å². The standard InChI is InChI=1S/C20H27NO3/c1-13(2)10-15-12-20(3,24-18(15)22)19(23)21(4)17-11-16(17)14-8-6-5-7-9-14/h5-9,13,15-17H,10-12H2,1-4H3/t15?,16-,17+,20?/m0/s1.